The highest BCUT2D eigenvalue weighted by atomic mass is 32.2. The third kappa shape index (κ3) is 5.01. The van der Waals surface area contributed by atoms with Gasteiger partial charge in [0.15, 0.2) is 5.16 Å². The van der Waals surface area contributed by atoms with Crippen molar-refractivity contribution in [3.8, 4) is 0 Å². The number of benzene rings is 2. The zero-order valence-corrected chi connectivity index (χ0v) is 17.7. The molecule has 4 rings (SSSR count). The second kappa shape index (κ2) is 9.77. The number of hydrogen-bond acceptors (Lipinski definition) is 7. The summed E-state index contributed by atoms with van der Waals surface area (Å²) >= 11 is 1.33. The molecule has 0 radical (unpaired) electrons. The summed E-state index contributed by atoms with van der Waals surface area (Å²) in [6, 6.07) is 15.8. The molecule has 3 aromatic rings. The van der Waals surface area contributed by atoms with E-state index in [-0.39, 0.29) is 11.7 Å². The van der Waals surface area contributed by atoms with E-state index in [9.17, 15) is 4.79 Å². The van der Waals surface area contributed by atoms with Crippen molar-refractivity contribution in [2.24, 2.45) is 0 Å². The molecule has 1 amide bonds. The van der Waals surface area contributed by atoms with Crippen LogP contribution < -0.4 is 15.5 Å². The normalized spacial score (nSPS) is 14.0. The number of thioether (sulfide) groups is 1. The summed E-state index contributed by atoms with van der Waals surface area (Å²) in [5.41, 5.74) is 2.79. The Morgan fingerprint density at radius 2 is 1.87 bits per heavy atom. The van der Waals surface area contributed by atoms with E-state index in [1.807, 2.05) is 55.5 Å². The number of amides is 1. The molecule has 0 atom stereocenters. The molecule has 30 heavy (non-hydrogen) atoms. The number of para-hydroxylation sites is 1. The van der Waals surface area contributed by atoms with Gasteiger partial charge in [-0.3, -0.25) is 4.79 Å². The SMILES string of the molecule is CCNc1nc(SCC(=O)Nc2ccc(N3CCOCC3)cc2)nc2ccccc12. The summed E-state index contributed by atoms with van der Waals surface area (Å²) in [6.07, 6.45) is 0. The summed E-state index contributed by atoms with van der Waals surface area (Å²) in [4.78, 5) is 23.9. The number of aromatic nitrogens is 2. The molecule has 1 fully saturated rings. The molecule has 0 bridgehead atoms. The Hall–Kier alpha value is -2.84. The van der Waals surface area contributed by atoms with Gasteiger partial charge in [-0.1, -0.05) is 23.9 Å². The Kier molecular flexibility index (Phi) is 6.66. The van der Waals surface area contributed by atoms with E-state index < -0.39 is 0 Å². The number of nitrogens with zero attached hydrogens (tertiary/aromatic N) is 3. The average Bonchev–Trinajstić information content (AvgIpc) is 2.79. The van der Waals surface area contributed by atoms with Crippen LogP contribution in [0.3, 0.4) is 0 Å². The lowest BCUT2D eigenvalue weighted by atomic mass is 10.2. The van der Waals surface area contributed by atoms with E-state index in [1.54, 1.807) is 0 Å². The maximum atomic E-state index is 12.4. The lowest BCUT2D eigenvalue weighted by Gasteiger charge is -2.28. The summed E-state index contributed by atoms with van der Waals surface area (Å²) < 4.78 is 5.39. The molecule has 0 unspecified atom stereocenters. The van der Waals surface area contributed by atoms with Crippen molar-refractivity contribution in [1.29, 1.82) is 0 Å². The molecule has 2 N–H and O–H groups in total. The highest BCUT2D eigenvalue weighted by Gasteiger charge is 2.12. The van der Waals surface area contributed by atoms with Crippen molar-refractivity contribution in [1.82, 2.24) is 9.97 Å². The second-order valence-electron chi connectivity index (χ2n) is 6.89. The van der Waals surface area contributed by atoms with Crippen LogP contribution in [-0.2, 0) is 9.53 Å². The van der Waals surface area contributed by atoms with E-state index in [1.165, 1.54) is 11.8 Å². The lowest BCUT2D eigenvalue weighted by Crippen LogP contribution is -2.36. The largest absolute Gasteiger partial charge is 0.378 e. The van der Waals surface area contributed by atoms with Gasteiger partial charge in [0.2, 0.25) is 5.91 Å². The van der Waals surface area contributed by atoms with Gasteiger partial charge in [-0.2, -0.15) is 0 Å². The van der Waals surface area contributed by atoms with Crippen molar-refractivity contribution in [3.63, 3.8) is 0 Å². The minimum atomic E-state index is -0.0825. The first kappa shape index (κ1) is 20.4. The monoisotopic (exact) mass is 423 g/mol. The van der Waals surface area contributed by atoms with Crippen LogP contribution in [0.4, 0.5) is 17.2 Å². The molecule has 2 heterocycles. The van der Waals surface area contributed by atoms with Gasteiger partial charge in [-0.15, -0.1) is 0 Å². The molecule has 0 spiro atoms. The van der Waals surface area contributed by atoms with Crippen LogP contribution in [0.2, 0.25) is 0 Å². The summed E-state index contributed by atoms with van der Waals surface area (Å²) in [5, 5.41) is 7.78. The number of nitrogens with one attached hydrogen (secondary N) is 2. The van der Waals surface area contributed by atoms with Gasteiger partial charge >= 0.3 is 0 Å². The standard InChI is InChI=1S/C22H25N5O2S/c1-2-23-21-18-5-3-4-6-19(18)25-22(26-21)30-15-20(28)24-16-7-9-17(10-8-16)27-11-13-29-14-12-27/h3-10H,2,11-15H2,1H3,(H,24,28)(H,23,25,26). The molecular weight excluding hydrogens is 398 g/mol. The minimum Gasteiger partial charge on any atom is -0.378 e. The van der Waals surface area contributed by atoms with Crippen molar-refractivity contribution < 1.29 is 9.53 Å². The molecular formula is C22H25N5O2S. The summed E-state index contributed by atoms with van der Waals surface area (Å²) in [6.45, 7) is 6.09. The van der Waals surface area contributed by atoms with Crippen molar-refractivity contribution in [3.05, 3.63) is 48.5 Å². The Morgan fingerprint density at radius 1 is 1.10 bits per heavy atom. The first-order valence-electron chi connectivity index (χ1n) is 10.1. The molecule has 2 aromatic carbocycles. The van der Waals surface area contributed by atoms with Crippen molar-refractivity contribution >= 4 is 45.8 Å². The van der Waals surface area contributed by atoms with Gasteiger partial charge in [0.1, 0.15) is 5.82 Å². The van der Waals surface area contributed by atoms with Gasteiger partial charge < -0.3 is 20.3 Å². The molecule has 0 saturated carbocycles. The smallest absolute Gasteiger partial charge is 0.234 e. The number of hydrogen-bond donors (Lipinski definition) is 2. The van der Waals surface area contributed by atoms with Crippen LogP contribution in [0.1, 0.15) is 6.92 Å². The fourth-order valence-corrected chi connectivity index (χ4v) is 3.98. The maximum absolute atomic E-state index is 12.4. The third-order valence-corrected chi connectivity index (χ3v) is 5.63. The molecule has 1 aliphatic heterocycles. The van der Waals surface area contributed by atoms with Crippen LogP contribution in [0.25, 0.3) is 10.9 Å². The number of morpholine rings is 1. The predicted molar refractivity (Wildman–Crippen MR) is 123 cm³/mol. The number of anilines is 3. The van der Waals surface area contributed by atoms with Crippen LogP contribution in [0.15, 0.2) is 53.7 Å². The third-order valence-electron chi connectivity index (χ3n) is 4.79. The predicted octanol–water partition coefficient (Wildman–Crippen LogP) is 3.63. The van der Waals surface area contributed by atoms with Crippen LogP contribution >= 0.6 is 11.8 Å². The zero-order chi connectivity index (χ0) is 20.8. The van der Waals surface area contributed by atoms with Crippen LogP contribution in [-0.4, -0.2) is 54.5 Å². The van der Waals surface area contributed by atoms with Crippen molar-refractivity contribution in [2.75, 3.05) is 54.1 Å². The number of fused-ring (bicyclic) bond motifs is 1. The molecule has 8 heteroatoms. The summed E-state index contributed by atoms with van der Waals surface area (Å²) in [7, 11) is 0. The van der Waals surface area contributed by atoms with Crippen LogP contribution in [0.5, 0.6) is 0 Å². The lowest BCUT2D eigenvalue weighted by molar-refractivity contribution is -0.113. The van der Waals surface area contributed by atoms with E-state index in [4.69, 9.17) is 4.74 Å². The van der Waals surface area contributed by atoms with Gasteiger partial charge in [-0.25, -0.2) is 9.97 Å². The quantitative estimate of drug-likeness (QED) is 0.444. The maximum Gasteiger partial charge on any atom is 0.234 e. The molecule has 1 aliphatic rings. The van der Waals surface area contributed by atoms with Gasteiger partial charge in [-0.05, 0) is 43.3 Å². The fraction of sp³-hybridized carbons (Fsp3) is 0.318. The molecule has 1 aromatic heterocycles. The van der Waals surface area contributed by atoms with E-state index in [0.717, 1.165) is 60.9 Å². The number of rotatable bonds is 7. The van der Waals surface area contributed by atoms with Gasteiger partial charge in [0.05, 0.1) is 24.5 Å². The highest BCUT2D eigenvalue weighted by Crippen LogP contribution is 2.24. The Morgan fingerprint density at radius 3 is 2.63 bits per heavy atom. The number of ether oxygens (including phenoxy) is 1. The molecule has 156 valence electrons. The van der Waals surface area contributed by atoms with Gasteiger partial charge in [0.25, 0.3) is 0 Å². The van der Waals surface area contributed by atoms with Crippen molar-refractivity contribution in [2.45, 2.75) is 12.1 Å². The summed E-state index contributed by atoms with van der Waals surface area (Å²) in [5.74, 6) is 0.959. The fourth-order valence-electron chi connectivity index (χ4n) is 3.33. The van der Waals surface area contributed by atoms with Crippen LogP contribution in [0, 0.1) is 0 Å². The Bertz CT molecular complexity index is 1010. The van der Waals surface area contributed by atoms with E-state index in [0.29, 0.717) is 5.16 Å². The molecule has 1 saturated heterocycles. The topological polar surface area (TPSA) is 79.4 Å². The molecule has 7 nitrogen and oxygen atoms in total. The zero-order valence-electron chi connectivity index (χ0n) is 16.9. The van der Waals surface area contributed by atoms with E-state index >= 15 is 0 Å². The minimum absolute atomic E-state index is 0.0825. The van der Waals surface area contributed by atoms with E-state index in [2.05, 4.69) is 25.5 Å². The number of carbonyl (C=O) groups excluding carboxylic acids is 1. The highest BCUT2D eigenvalue weighted by molar-refractivity contribution is 7.99. The second-order valence-corrected chi connectivity index (χ2v) is 7.83. The first-order valence-corrected chi connectivity index (χ1v) is 11.1. The van der Waals surface area contributed by atoms with Gasteiger partial charge in [0, 0.05) is 36.4 Å². The first-order chi connectivity index (χ1) is 14.7. The number of carbonyl (C=O) groups is 1. The Balaban J connectivity index is 1.36. The average molecular weight is 424 g/mol. The molecule has 0 aliphatic carbocycles. The Labute approximate surface area is 180 Å².